The van der Waals surface area contributed by atoms with Gasteiger partial charge in [-0.05, 0) is 48.7 Å². The van der Waals surface area contributed by atoms with Crippen molar-refractivity contribution in [2.75, 3.05) is 0 Å². The van der Waals surface area contributed by atoms with Gasteiger partial charge in [0.25, 0.3) is 0 Å². The van der Waals surface area contributed by atoms with Crippen LogP contribution in [0.4, 0.5) is 4.39 Å². The average Bonchev–Trinajstić information content (AvgIpc) is 2.98. The summed E-state index contributed by atoms with van der Waals surface area (Å²) in [4.78, 5) is 4.70. The molecule has 0 radical (unpaired) electrons. The largest absolute Gasteiger partial charge is 0.247 e. The summed E-state index contributed by atoms with van der Waals surface area (Å²) >= 11 is 0. The van der Waals surface area contributed by atoms with Gasteiger partial charge >= 0.3 is 0 Å². The Balaban J connectivity index is 1.82. The molecule has 112 valence electrons. The van der Waals surface area contributed by atoms with Crippen molar-refractivity contribution in [1.29, 1.82) is 0 Å². The number of rotatable bonds is 2. The molecule has 0 saturated heterocycles. The summed E-state index contributed by atoms with van der Waals surface area (Å²) in [5.41, 5.74) is 5.96. The highest BCUT2D eigenvalue weighted by molar-refractivity contribution is 5.82. The number of aryl methyl sites for hydroxylation is 1. The number of aromatic nitrogens is 3. The van der Waals surface area contributed by atoms with Gasteiger partial charge in [0.2, 0.25) is 0 Å². The van der Waals surface area contributed by atoms with Gasteiger partial charge in [0.1, 0.15) is 5.82 Å². The number of fused-ring (bicyclic) bond motifs is 1. The number of hydrogen-bond donors (Lipinski definition) is 0. The topological polar surface area (TPSA) is 38.7 Å². The Labute approximate surface area is 133 Å². The molecule has 23 heavy (non-hydrogen) atoms. The van der Waals surface area contributed by atoms with Crippen LogP contribution in [0.25, 0.3) is 16.8 Å². The van der Waals surface area contributed by atoms with Gasteiger partial charge < -0.3 is 0 Å². The molecule has 2 heterocycles. The first-order chi connectivity index (χ1) is 11.2. The fraction of sp³-hybridized carbons (Fsp3) is 0.105. The van der Waals surface area contributed by atoms with E-state index in [1.165, 1.54) is 6.07 Å². The molecule has 0 fully saturated rings. The normalized spacial score (nSPS) is 12.9. The second-order valence-electron chi connectivity index (χ2n) is 5.62. The Morgan fingerprint density at radius 2 is 1.91 bits per heavy atom. The number of nitrogens with zero attached hydrogens (tertiary/aromatic N) is 3. The molecular formula is C19H14FN3. The number of hydrogen-bond acceptors (Lipinski definition) is 3. The fourth-order valence-corrected chi connectivity index (χ4v) is 2.83. The number of pyridine rings is 1. The molecule has 3 nitrogen and oxygen atoms in total. The number of halogens is 1. The zero-order valence-electron chi connectivity index (χ0n) is 12.6. The molecule has 4 heteroatoms. The van der Waals surface area contributed by atoms with Crippen LogP contribution < -0.4 is 0 Å². The highest BCUT2D eigenvalue weighted by Gasteiger charge is 2.20. The summed E-state index contributed by atoms with van der Waals surface area (Å²) in [6.07, 6.45) is 4.64. The van der Waals surface area contributed by atoms with E-state index < -0.39 is 0 Å². The molecule has 3 aromatic rings. The van der Waals surface area contributed by atoms with Crippen molar-refractivity contribution in [3.05, 3.63) is 83.1 Å². The SMILES string of the molecule is Cc1cnnc(C2=CCc3ccc(-c4ccccc4F)nc32)c1. The molecule has 0 bridgehead atoms. The van der Waals surface area contributed by atoms with Crippen LogP contribution in [0.2, 0.25) is 0 Å². The lowest BCUT2D eigenvalue weighted by molar-refractivity contribution is 0.630. The van der Waals surface area contributed by atoms with E-state index in [0.717, 1.165) is 34.5 Å². The van der Waals surface area contributed by atoms with Crippen LogP contribution in [0.5, 0.6) is 0 Å². The van der Waals surface area contributed by atoms with E-state index in [2.05, 4.69) is 16.3 Å². The van der Waals surface area contributed by atoms with Gasteiger partial charge in [-0.2, -0.15) is 10.2 Å². The second kappa shape index (κ2) is 5.39. The van der Waals surface area contributed by atoms with Crippen LogP contribution in [0.3, 0.4) is 0 Å². The van der Waals surface area contributed by atoms with Crippen LogP contribution in [0.1, 0.15) is 22.5 Å². The molecule has 1 aliphatic rings. The first-order valence-corrected chi connectivity index (χ1v) is 7.47. The monoisotopic (exact) mass is 303 g/mol. The summed E-state index contributed by atoms with van der Waals surface area (Å²) < 4.78 is 14.0. The van der Waals surface area contributed by atoms with Gasteiger partial charge in [-0.25, -0.2) is 9.37 Å². The highest BCUT2D eigenvalue weighted by atomic mass is 19.1. The summed E-state index contributed by atoms with van der Waals surface area (Å²) in [5.74, 6) is -0.265. The third kappa shape index (κ3) is 2.42. The van der Waals surface area contributed by atoms with E-state index >= 15 is 0 Å². The van der Waals surface area contributed by atoms with Crippen LogP contribution in [-0.4, -0.2) is 15.2 Å². The maximum atomic E-state index is 14.0. The van der Waals surface area contributed by atoms with Crippen molar-refractivity contribution in [2.45, 2.75) is 13.3 Å². The minimum atomic E-state index is -0.265. The summed E-state index contributed by atoms with van der Waals surface area (Å²) in [6.45, 7) is 1.98. The molecule has 0 aliphatic heterocycles. The van der Waals surface area contributed by atoms with Gasteiger partial charge in [-0.1, -0.05) is 24.3 Å². The summed E-state index contributed by atoms with van der Waals surface area (Å²) in [5, 5.41) is 8.23. The van der Waals surface area contributed by atoms with Crippen LogP contribution in [0.15, 0.2) is 54.7 Å². The molecule has 4 rings (SSSR count). The van der Waals surface area contributed by atoms with E-state index in [9.17, 15) is 4.39 Å². The maximum absolute atomic E-state index is 14.0. The predicted octanol–water partition coefficient (Wildman–Crippen LogP) is 3.97. The Morgan fingerprint density at radius 3 is 2.74 bits per heavy atom. The van der Waals surface area contributed by atoms with Crippen molar-refractivity contribution < 1.29 is 4.39 Å². The smallest absolute Gasteiger partial charge is 0.132 e. The molecule has 0 atom stereocenters. The van der Waals surface area contributed by atoms with Crippen molar-refractivity contribution in [3.63, 3.8) is 0 Å². The minimum absolute atomic E-state index is 0.265. The molecule has 0 N–H and O–H groups in total. The van der Waals surface area contributed by atoms with Gasteiger partial charge in [0.15, 0.2) is 0 Å². The van der Waals surface area contributed by atoms with Crippen molar-refractivity contribution in [3.8, 4) is 11.3 Å². The lowest BCUT2D eigenvalue weighted by atomic mass is 10.1. The first-order valence-electron chi connectivity index (χ1n) is 7.47. The van der Waals surface area contributed by atoms with Crippen LogP contribution in [-0.2, 0) is 6.42 Å². The molecule has 0 saturated carbocycles. The highest BCUT2D eigenvalue weighted by Crippen LogP contribution is 2.32. The van der Waals surface area contributed by atoms with Crippen molar-refractivity contribution in [1.82, 2.24) is 15.2 Å². The summed E-state index contributed by atoms with van der Waals surface area (Å²) in [6, 6.07) is 12.6. The van der Waals surface area contributed by atoms with Gasteiger partial charge in [0, 0.05) is 11.1 Å². The molecule has 0 spiro atoms. The quantitative estimate of drug-likeness (QED) is 0.719. The molecule has 0 amide bonds. The third-order valence-electron chi connectivity index (χ3n) is 3.98. The molecule has 1 aromatic carbocycles. The van der Waals surface area contributed by atoms with E-state index in [-0.39, 0.29) is 5.82 Å². The minimum Gasteiger partial charge on any atom is -0.247 e. The first kappa shape index (κ1) is 13.8. The van der Waals surface area contributed by atoms with Gasteiger partial charge in [0.05, 0.1) is 23.3 Å². The van der Waals surface area contributed by atoms with E-state index in [1.807, 2.05) is 31.2 Å². The predicted molar refractivity (Wildman–Crippen MR) is 87.2 cm³/mol. The van der Waals surface area contributed by atoms with Gasteiger partial charge in [-0.15, -0.1) is 0 Å². The van der Waals surface area contributed by atoms with E-state index in [1.54, 1.807) is 18.3 Å². The van der Waals surface area contributed by atoms with Crippen molar-refractivity contribution >= 4 is 5.57 Å². The second-order valence-corrected chi connectivity index (χ2v) is 5.62. The Morgan fingerprint density at radius 1 is 1.04 bits per heavy atom. The summed E-state index contributed by atoms with van der Waals surface area (Å²) in [7, 11) is 0. The lowest BCUT2D eigenvalue weighted by Crippen LogP contribution is -1.98. The van der Waals surface area contributed by atoms with Crippen LogP contribution >= 0.6 is 0 Å². The zero-order chi connectivity index (χ0) is 15.8. The third-order valence-corrected chi connectivity index (χ3v) is 3.98. The Hall–Kier alpha value is -2.88. The van der Waals surface area contributed by atoms with Gasteiger partial charge in [-0.3, -0.25) is 0 Å². The number of allylic oxidation sites excluding steroid dienone is 1. The zero-order valence-corrected chi connectivity index (χ0v) is 12.6. The molecular weight excluding hydrogens is 289 g/mol. The van der Waals surface area contributed by atoms with Crippen molar-refractivity contribution in [2.24, 2.45) is 0 Å². The average molecular weight is 303 g/mol. The maximum Gasteiger partial charge on any atom is 0.132 e. The molecule has 1 aliphatic carbocycles. The van der Waals surface area contributed by atoms with E-state index in [4.69, 9.17) is 4.98 Å². The molecule has 2 aromatic heterocycles. The Bertz CT molecular complexity index is 931. The van der Waals surface area contributed by atoms with Crippen LogP contribution in [0, 0.1) is 12.7 Å². The van der Waals surface area contributed by atoms with E-state index in [0.29, 0.717) is 11.3 Å². The fourth-order valence-electron chi connectivity index (χ4n) is 2.83. The molecule has 0 unspecified atom stereocenters. The standard InChI is InChI=1S/C19H14FN3/c1-12-10-18(23-21-11-12)15-8-6-13-7-9-17(22-19(13)15)14-4-2-3-5-16(14)20/h2-5,7-11H,6H2,1H3. The lowest BCUT2D eigenvalue weighted by Gasteiger charge is -2.08. The Kier molecular flexibility index (Phi) is 3.23. The number of benzene rings is 1.